The first-order valence-electron chi connectivity index (χ1n) is 11.5. The van der Waals surface area contributed by atoms with Gasteiger partial charge in [0, 0.05) is 36.9 Å². The van der Waals surface area contributed by atoms with Gasteiger partial charge in [0.1, 0.15) is 5.58 Å². The van der Waals surface area contributed by atoms with Gasteiger partial charge in [-0.3, -0.25) is 9.59 Å². The molecule has 1 aliphatic rings. The summed E-state index contributed by atoms with van der Waals surface area (Å²) in [6, 6.07) is 22.9. The van der Waals surface area contributed by atoms with Crippen molar-refractivity contribution in [2.45, 2.75) is 25.8 Å². The molecule has 0 unspecified atom stereocenters. The molecule has 6 heteroatoms. The van der Waals surface area contributed by atoms with Crippen molar-refractivity contribution in [3.05, 3.63) is 95.2 Å². The lowest BCUT2D eigenvalue weighted by Gasteiger charge is -2.27. The molecule has 0 atom stereocenters. The summed E-state index contributed by atoms with van der Waals surface area (Å²) in [7, 11) is 2.12. The molecule has 4 aromatic rings. The Hall–Kier alpha value is -4.06. The molecule has 0 bridgehead atoms. The Kier molecular flexibility index (Phi) is 6.04. The first kappa shape index (κ1) is 21.8. The molecule has 34 heavy (non-hydrogen) atoms. The van der Waals surface area contributed by atoms with Crippen LogP contribution in [-0.2, 0) is 24.2 Å². The molecule has 0 spiro atoms. The summed E-state index contributed by atoms with van der Waals surface area (Å²) in [5, 5.41) is 6.74. The molecule has 0 saturated heterocycles. The summed E-state index contributed by atoms with van der Waals surface area (Å²) in [5.74, 6) is -0.0784. The topological polar surface area (TPSA) is 74.6 Å². The van der Waals surface area contributed by atoms with Gasteiger partial charge in [-0.25, -0.2) is 0 Å². The molecule has 6 nitrogen and oxygen atoms in total. The van der Waals surface area contributed by atoms with E-state index in [2.05, 4.69) is 40.8 Å². The lowest BCUT2D eigenvalue weighted by molar-refractivity contribution is -0.120. The molecule has 172 valence electrons. The molecule has 2 N–H and O–H groups in total. The van der Waals surface area contributed by atoms with E-state index in [-0.39, 0.29) is 24.0 Å². The Morgan fingerprint density at radius 3 is 2.59 bits per heavy atom. The van der Waals surface area contributed by atoms with Gasteiger partial charge < -0.3 is 20.0 Å². The number of para-hydroxylation sites is 1. The van der Waals surface area contributed by atoms with Gasteiger partial charge in [-0.2, -0.15) is 0 Å². The zero-order valence-corrected chi connectivity index (χ0v) is 19.1. The zero-order valence-electron chi connectivity index (χ0n) is 19.1. The zero-order chi connectivity index (χ0) is 23.5. The average Bonchev–Trinajstić information content (AvgIpc) is 3.29. The summed E-state index contributed by atoms with van der Waals surface area (Å²) < 4.78 is 5.61. The van der Waals surface area contributed by atoms with Crippen LogP contribution >= 0.6 is 0 Å². The minimum absolute atomic E-state index is 0.0334. The van der Waals surface area contributed by atoms with Gasteiger partial charge in [0.05, 0.1) is 6.42 Å². The summed E-state index contributed by atoms with van der Waals surface area (Å²) in [6.07, 6.45) is 2.53. The molecule has 0 radical (unpaired) electrons. The number of furan rings is 1. The van der Waals surface area contributed by atoms with Crippen molar-refractivity contribution in [3.8, 4) is 0 Å². The number of hydrogen-bond acceptors (Lipinski definition) is 4. The number of carbonyl (C=O) groups is 2. The van der Waals surface area contributed by atoms with Gasteiger partial charge >= 0.3 is 0 Å². The second kappa shape index (κ2) is 9.43. The Morgan fingerprint density at radius 2 is 1.76 bits per heavy atom. The van der Waals surface area contributed by atoms with E-state index in [0.717, 1.165) is 35.9 Å². The lowest BCUT2D eigenvalue weighted by Crippen LogP contribution is -2.26. The van der Waals surface area contributed by atoms with Crippen LogP contribution in [0.15, 0.2) is 77.2 Å². The van der Waals surface area contributed by atoms with Crippen LogP contribution in [0.3, 0.4) is 0 Å². The molecule has 0 aliphatic carbocycles. The highest BCUT2D eigenvalue weighted by molar-refractivity contribution is 6.04. The number of benzene rings is 3. The number of nitrogens with zero attached hydrogens (tertiary/aromatic N) is 1. The van der Waals surface area contributed by atoms with Crippen molar-refractivity contribution >= 4 is 34.2 Å². The summed E-state index contributed by atoms with van der Waals surface area (Å²) >= 11 is 0. The van der Waals surface area contributed by atoms with Gasteiger partial charge in [0.15, 0.2) is 5.76 Å². The van der Waals surface area contributed by atoms with Crippen LogP contribution in [0.2, 0.25) is 0 Å². The van der Waals surface area contributed by atoms with Crippen molar-refractivity contribution in [2.75, 3.05) is 23.8 Å². The molecule has 5 rings (SSSR count). The van der Waals surface area contributed by atoms with E-state index < -0.39 is 0 Å². The maximum absolute atomic E-state index is 12.5. The molecule has 2 heterocycles. The highest BCUT2D eigenvalue weighted by atomic mass is 16.3. The van der Waals surface area contributed by atoms with E-state index in [4.69, 9.17) is 4.42 Å². The van der Waals surface area contributed by atoms with E-state index in [1.165, 1.54) is 11.3 Å². The summed E-state index contributed by atoms with van der Waals surface area (Å²) in [6.45, 7) is 1.60. The second-order valence-electron chi connectivity index (χ2n) is 8.74. The number of hydrogen-bond donors (Lipinski definition) is 2. The van der Waals surface area contributed by atoms with Crippen LogP contribution in [0.25, 0.3) is 11.0 Å². The lowest BCUT2D eigenvalue weighted by atomic mass is 9.99. The third-order valence-corrected chi connectivity index (χ3v) is 6.21. The fourth-order valence-electron chi connectivity index (χ4n) is 4.39. The van der Waals surface area contributed by atoms with E-state index in [9.17, 15) is 9.59 Å². The Bertz CT molecular complexity index is 1310. The Morgan fingerprint density at radius 1 is 0.971 bits per heavy atom. The minimum Gasteiger partial charge on any atom is -0.451 e. The fraction of sp³-hybridized carbons (Fsp3) is 0.214. The van der Waals surface area contributed by atoms with Crippen LogP contribution in [0.5, 0.6) is 0 Å². The van der Waals surface area contributed by atoms with Gasteiger partial charge in [0.25, 0.3) is 5.91 Å². The molecule has 1 aliphatic heterocycles. The van der Waals surface area contributed by atoms with Crippen molar-refractivity contribution < 1.29 is 14.0 Å². The Balaban J connectivity index is 1.14. The maximum atomic E-state index is 12.5. The number of anilines is 2. The van der Waals surface area contributed by atoms with Crippen molar-refractivity contribution in [3.63, 3.8) is 0 Å². The first-order valence-corrected chi connectivity index (χ1v) is 11.5. The van der Waals surface area contributed by atoms with Crippen LogP contribution in [0.1, 0.15) is 33.7 Å². The van der Waals surface area contributed by atoms with Gasteiger partial charge in [-0.1, -0.05) is 42.5 Å². The molecule has 0 saturated carbocycles. The number of carbonyl (C=O) groups excluding carboxylic acids is 2. The van der Waals surface area contributed by atoms with E-state index >= 15 is 0 Å². The number of fused-ring (bicyclic) bond motifs is 2. The van der Waals surface area contributed by atoms with Crippen molar-refractivity contribution in [1.29, 1.82) is 0 Å². The van der Waals surface area contributed by atoms with Crippen LogP contribution in [-0.4, -0.2) is 25.4 Å². The second-order valence-corrected chi connectivity index (χ2v) is 8.74. The van der Waals surface area contributed by atoms with Crippen LogP contribution in [0.4, 0.5) is 11.4 Å². The van der Waals surface area contributed by atoms with E-state index in [1.807, 2.05) is 36.4 Å². The SMILES string of the molecule is CN1CCCc2cc(CNC(=O)Cc3ccc(NC(=O)c4cc5ccccc5o4)cc3)ccc21. The standard InChI is InChI=1S/C28H27N3O3/c1-31-14-4-6-21-15-20(10-13-24(21)31)18-29-27(32)16-19-8-11-23(12-9-19)30-28(33)26-17-22-5-2-3-7-25(22)34-26/h2-3,5,7-13,15,17H,4,6,14,16,18H2,1H3,(H,29,32)(H,30,33). The van der Waals surface area contributed by atoms with Crippen LogP contribution in [0, 0.1) is 0 Å². The van der Waals surface area contributed by atoms with Crippen molar-refractivity contribution in [1.82, 2.24) is 5.32 Å². The van der Waals surface area contributed by atoms with E-state index in [0.29, 0.717) is 17.8 Å². The summed E-state index contributed by atoms with van der Waals surface area (Å²) in [5.41, 5.74) is 5.96. The van der Waals surface area contributed by atoms with Gasteiger partial charge in [-0.15, -0.1) is 0 Å². The molecule has 2 amide bonds. The molecular weight excluding hydrogens is 426 g/mol. The monoisotopic (exact) mass is 453 g/mol. The van der Waals surface area contributed by atoms with Gasteiger partial charge in [0.2, 0.25) is 5.91 Å². The average molecular weight is 454 g/mol. The summed E-state index contributed by atoms with van der Waals surface area (Å²) in [4.78, 5) is 27.2. The number of amides is 2. The minimum atomic E-state index is -0.307. The quantitative estimate of drug-likeness (QED) is 0.434. The van der Waals surface area contributed by atoms with E-state index in [1.54, 1.807) is 18.2 Å². The predicted molar refractivity (Wildman–Crippen MR) is 134 cm³/mol. The third kappa shape index (κ3) is 4.81. The fourth-order valence-corrected chi connectivity index (χ4v) is 4.39. The number of rotatable bonds is 6. The van der Waals surface area contributed by atoms with Gasteiger partial charge in [-0.05, 0) is 59.9 Å². The predicted octanol–water partition coefficient (Wildman–Crippen LogP) is 4.93. The highest BCUT2D eigenvalue weighted by Crippen LogP contribution is 2.26. The molecule has 3 aromatic carbocycles. The van der Waals surface area contributed by atoms with Crippen molar-refractivity contribution in [2.24, 2.45) is 0 Å². The third-order valence-electron chi connectivity index (χ3n) is 6.21. The number of nitrogens with one attached hydrogen (secondary N) is 2. The smallest absolute Gasteiger partial charge is 0.291 e. The number of aryl methyl sites for hydroxylation is 1. The first-order chi connectivity index (χ1) is 16.5. The normalized spacial score (nSPS) is 12.9. The van der Waals surface area contributed by atoms with Crippen LogP contribution < -0.4 is 15.5 Å². The molecular formula is C28H27N3O3. The molecule has 0 fully saturated rings. The maximum Gasteiger partial charge on any atom is 0.291 e. The molecule has 1 aromatic heterocycles. The largest absolute Gasteiger partial charge is 0.451 e. The Labute approximate surface area is 198 Å². The highest BCUT2D eigenvalue weighted by Gasteiger charge is 2.15.